The van der Waals surface area contributed by atoms with E-state index in [1.807, 2.05) is 42.5 Å². The average Bonchev–Trinajstić information content (AvgIpc) is 3.48. The van der Waals surface area contributed by atoms with Crippen molar-refractivity contribution in [2.75, 3.05) is 34.4 Å². The van der Waals surface area contributed by atoms with Crippen LogP contribution in [-0.2, 0) is 4.74 Å². The highest BCUT2D eigenvalue weighted by atomic mass is 16.5. The lowest BCUT2D eigenvalue weighted by Gasteiger charge is -2.21. The molecule has 0 bridgehead atoms. The van der Waals surface area contributed by atoms with Crippen molar-refractivity contribution >= 4 is 5.91 Å². The van der Waals surface area contributed by atoms with E-state index in [1.165, 1.54) is 0 Å². The lowest BCUT2D eigenvalue weighted by Crippen LogP contribution is -2.34. The van der Waals surface area contributed by atoms with E-state index >= 15 is 0 Å². The maximum atomic E-state index is 13.4. The second-order valence-corrected chi connectivity index (χ2v) is 7.56. The van der Waals surface area contributed by atoms with Crippen LogP contribution in [0.2, 0.25) is 0 Å². The van der Waals surface area contributed by atoms with Gasteiger partial charge in [-0.2, -0.15) is 5.10 Å². The second-order valence-electron chi connectivity index (χ2n) is 7.56. The number of benzene rings is 2. The van der Waals surface area contributed by atoms with Crippen molar-refractivity contribution in [3.8, 4) is 28.4 Å². The predicted octanol–water partition coefficient (Wildman–Crippen LogP) is 3.81. The summed E-state index contributed by atoms with van der Waals surface area (Å²) in [4.78, 5) is 15.2. The summed E-state index contributed by atoms with van der Waals surface area (Å²) in [5, 5.41) is 4.77. The summed E-state index contributed by atoms with van der Waals surface area (Å²) in [5.74, 6) is 1.16. The van der Waals surface area contributed by atoms with Crippen molar-refractivity contribution in [1.82, 2.24) is 14.7 Å². The molecule has 0 spiro atoms. The van der Waals surface area contributed by atoms with E-state index in [0.29, 0.717) is 29.3 Å². The van der Waals surface area contributed by atoms with E-state index in [4.69, 9.17) is 19.3 Å². The van der Waals surface area contributed by atoms with Gasteiger partial charge in [0, 0.05) is 38.0 Å². The monoisotopic (exact) mass is 421 g/mol. The van der Waals surface area contributed by atoms with Gasteiger partial charge in [0.15, 0.2) is 0 Å². The first-order valence-electron chi connectivity index (χ1n) is 10.3. The standard InChI is InChI=1S/C24H27N3O4/c1-26(15-19-10-7-13-31-19)24(28)21-16-27(17-8-5-4-6-9-17)25-23(21)20-12-11-18(29-2)14-22(20)30-3/h4-6,8-9,11-12,14,16,19H,7,10,13,15H2,1-3H3. The second kappa shape index (κ2) is 9.22. The third-order valence-corrected chi connectivity index (χ3v) is 5.48. The van der Waals surface area contributed by atoms with Gasteiger partial charge in [0.1, 0.15) is 17.2 Å². The Hall–Kier alpha value is -3.32. The van der Waals surface area contributed by atoms with Crippen molar-refractivity contribution in [1.29, 1.82) is 0 Å². The Bertz CT molecular complexity index is 1040. The summed E-state index contributed by atoms with van der Waals surface area (Å²) in [5.41, 5.74) is 2.67. The van der Waals surface area contributed by atoms with E-state index in [-0.39, 0.29) is 12.0 Å². The maximum Gasteiger partial charge on any atom is 0.257 e. The summed E-state index contributed by atoms with van der Waals surface area (Å²) >= 11 is 0. The zero-order valence-electron chi connectivity index (χ0n) is 18.1. The van der Waals surface area contributed by atoms with Gasteiger partial charge in [0.05, 0.1) is 31.6 Å². The highest BCUT2D eigenvalue weighted by Gasteiger charge is 2.26. The molecular formula is C24H27N3O4. The van der Waals surface area contributed by atoms with Crippen LogP contribution >= 0.6 is 0 Å². The number of aromatic nitrogens is 2. The molecule has 1 amide bonds. The van der Waals surface area contributed by atoms with E-state index in [1.54, 1.807) is 43.1 Å². The molecule has 1 aliphatic heterocycles. The van der Waals surface area contributed by atoms with E-state index < -0.39 is 0 Å². The number of para-hydroxylation sites is 1. The van der Waals surface area contributed by atoms with Gasteiger partial charge in [-0.3, -0.25) is 4.79 Å². The molecule has 0 N–H and O–H groups in total. The zero-order valence-corrected chi connectivity index (χ0v) is 18.1. The van der Waals surface area contributed by atoms with Gasteiger partial charge in [0.25, 0.3) is 5.91 Å². The molecule has 2 heterocycles. The quantitative estimate of drug-likeness (QED) is 0.580. The molecule has 31 heavy (non-hydrogen) atoms. The van der Waals surface area contributed by atoms with Crippen LogP contribution in [0.5, 0.6) is 11.5 Å². The van der Waals surface area contributed by atoms with Crippen LogP contribution in [0.15, 0.2) is 54.7 Å². The molecule has 1 unspecified atom stereocenters. The van der Waals surface area contributed by atoms with Gasteiger partial charge >= 0.3 is 0 Å². The largest absolute Gasteiger partial charge is 0.497 e. The van der Waals surface area contributed by atoms with Crippen LogP contribution in [0.1, 0.15) is 23.2 Å². The Morgan fingerprint density at radius 3 is 2.68 bits per heavy atom. The molecule has 0 aliphatic carbocycles. The molecule has 4 rings (SSSR count). The van der Waals surface area contributed by atoms with Crippen LogP contribution in [0, 0.1) is 0 Å². The first kappa shape index (κ1) is 20.9. The van der Waals surface area contributed by atoms with Gasteiger partial charge in [-0.1, -0.05) is 18.2 Å². The highest BCUT2D eigenvalue weighted by molar-refractivity contribution is 6.00. The van der Waals surface area contributed by atoms with Crippen molar-refractivity contribution in [3.63, 3.8) is 0 Å². The third-order valence-electron chi connectivity index (χ3n) is 5.48. The predicted molar refractivity (Wildman–Crippen MR) is 118 cm³/mol. The summed E-state index contributed by atoms with van der Waals surface area (Å²) < 4.78 is 18.3. The van der Waals surface area contributed by atoms with Crippen LogP contribution in [0.25, 0.3) is 16.9 Å². The van der Waals surface area contributed by atoms with Gasteiger partial charge in [-0.15, -0.1) is 0 Å². The minimum atomic E-state index is -0.106. The summed E-state index contributed by atoms with van der Waals surface area (Å²) in [6.45, 7) is 1.31. The molecule has 0 radical (unpaired) electrons. The van der Waals surface area contributed by atoms with Crippen molar-refractivity contribution in [2.45, 2.75) is 18.9 Å². The molecule has 1 atom stereocenters. The lowest BCUT2D eigenvalue weighted by atomic mass is 10.1. The molecular weight excluding hydrogens is 394 g/mol. The Kier molecular flexibility index (Phi) is 6.23. The van der Waals surface area contributed by atoms with Crippen LogP contribution in [0.4, 0.5) is 0 Å². The van der Waals surface area contributed by atoms with Gasteiger partial charge in [0.2, 0.25) is 0 Å². The van der Waals surface area contributed by atoms with Crippen molar-refractivity contribution < 1.29 is 19.0 Å². The number of nitrogens with zero attached hydrogens (tertiary/aromatic N) is 3. The number of methoxy groups -OCH3 is 2. The van der Waals surface area contributed by atoms with Gasteiger partial charge in [-0.05, 0) is 37.1 Å². The molecule has 162 valence electrons. The van der Waals surface area contributed by atoms with Crippen LogP contribution in [0.3, 0.4) is 0 Å². The average molecular weight is 421 g/mol. The number of carbonyl (C=O) groups excluding carboxylic acids is 1. The fourth-order valence-electron chi connectivity index (χ4n) is 3.82. The molecule has 0 saturated carbocycles. The van der Waals surface area contributed by atoms with E-state index in [2.05, 4.69) is 0 Å². The fourth-order valence-corrected chi connectivity index (χ4v) is 3.82. The first-order chi connectivity index (χ1) is 15.1. The summed E-state index contributed by atoms with van der Waals surface area (Å²) in [6, 6.07) is 15.2. The van der Waals surface area contributed by atoms with Crippen LogP contribution in [-0.4, -0.2) is 61.1 Å². The number of ether oxygens (including phenoxy) is 3. The fraction of sp³-hybridized carbons (Fsp3) is 0.333. The van der Waals surface area contributed by atoms with Gasteiger partial charge in [-0.25, -0.2) is 4.68 Å². The van der Waals surface area contributed by atoms with Gasteiger partial charge < -0.3 is 19.1 Å². The van der Waals surface area contributed by atoms with Crippen molar-refractivity contribution in [2.24, 2.45) is 0 Å². The highest BCUT2D eigenvalue weighted by Crippen LogP contribution is 2.35. The molecule has 1 saturated heterocycles. The lowest BCUT2D eigenvalue weighted by molar-refractivity contribution is 0.0587. The molecule has 1 aromatic heterocycles. The summed E-state index contributed by atoms with van der Waals surface area (Å²) in [7, 11) is 5.00. The molecule has 3 aromatic rings. The molecule has 7 nitrogen and oxygen atoms in total. The minimum Gasteiger partial charge on any atom is -0.497 e. The molecule has 2 aromatic carbocycles. The number of carbonyl (C=O) groups is 1. The summed E-state index contributed by atoms with van der Waals surface area (Å²) in [6.07, 6.45) is 3.87. The zero-order chi connectivity index (χ0) is 21.8. The number of hydrogen-bond donors (Lipinski definition) is 0. The molecule has 1 aliphatic rings. The maximum absolute atomic E-state index is 13.4. The number of rotatable bonds is 7. The minimum absolute atomic E-state index is 0.0806. The van der Waals surface area contributed by atoms with Crippen LogP contribution < -0.4 is 9.47 Å². The Labute approximate surface area is 182 Å². The SMILES string of the molecule is COc1ccc(-c2nn(-c3ccccc3)cc2C(=O)N(C)CC2CCCO2)c(OC)c1. The number of hydrogen-bond acceptors (Lipinski definition) is 5. The Balaban J connectivity index is 1.76. The molecule has 7 heteroatoms. The smallest absolute Gasteiger partial charge is 0.257 e. The normalized spacial score (nSPS) is 15.6. The molecule has 1 fully saturated rings. The number of amides is 1. The van der Waals surface area contributed by atoms with Crippen molar-refractivity contribution in [3.05, 3.63) is 60.3 Å². The number of likely N-dealkylation sites (N-methyl/N-ethyl adjacent to an activating group) is 1. The topological polar surface area (TPSA) is 65.8 Å². The first-order valence-corrected chi connectivity index (χ1v) is 10.3. The van der Waals surface area contributed by atoms with E-state index in [9.17, 15) is 4.79 Å². The Morgan fingerprint density at radius 2 is 2.00 bits per heavy atom. The third kappa shape index (κ3) is 4.41. The van der Waals surface area contributed by atoms with E-state index in [0.717, 1.165) is 30.7 Å². The Morgan fingerprint density at radius 1 is 1.19 bits per heavy atom.